The van der Waals surface area contributed by atoms with E-state index in [9.17, 15) is 19.2 Å². The second-order valence-electron chi connectivity index (χ2n) is 16.2. The maximum absolute atomic E-state index is 12.8. The van der Waals surface area contributed by atoms with Crippen LogP contribution in [0.15, 0.2) is 98.4 Å². The highest BCUT2D eigenvalue weighted by Gasteiger charge is 2.20. The largest absolute Gasteiger partial charge is 0.368 e. The number of nitrogens with two attached hydrogens (primary N) is 2. The standard InChI is InChI=1S/C25H27N5O2S.C22H25N5OS.C4H6O/c1-3-23(31)30(2)15-19-12-16(20-10-11-27-25(26)29-20)8-9-18(19)14-28-24(32)22-13-17-6-4-5-7-21(17)33-22;1-24-12-17-10-14(18-8-9-25-22(23)27-18)6-7-16(17)13-26-21(28)20-11-15-4-2-3-5-19(15)29-20;1-3-4(2)5/h3,8-13H,1,4-7,14-15H2,2H3,(H,28,32)(H2,26,27,29);6-11,24H,2-5,12-13H2,1H3,(H,26,28)(H2,23,25,27);3H,1H2,2H3. The summed E-state index contributed by atoms with van der Waals surface area (Å²) in [5.41, 5.74) is 21.5. The Hall–Kier alpha value is -6.88. The number of hydrogen-bond donors (Lipinski definition) is 5. The highest BCUT2D eigenvalue weighted by molar-refractivity contribution is 7.14. The average molecular weight is 939 g/mol. The molecule has 2 aromatic carbocycles. The van der Waals surface area contributed by atoms with E-state index in [1.165, 1.54) is 65.6 Å². The highest BCUT2D eigenvalue weighted by Crippen LogP contribution is 2.31. The fourth-order valence-electron chi connectivity index (χ4n) is 7.71. The number of hydrogen-bond acceptors (Lipinski definition) is 13. The first kappa shape index (κ1) is 49.6. The van der Waals surface area contributed by atoms with E-state index in [1.54, 1.807) is 53.1 Å². The molecule has 67 heavy (non-hydrogen) atoms. The van der Waals surface area contributed by atoms with Crippen molar-refractivity contribution in [2.24, 2.45) is 0 Å². The van der Waals surface area contributed by atoms with E-state index in [1.807, 2.05) is 49.5 Å². The van der Waals surface area contributed by atoms with Crippen molar-refractivity contribution in [2.75, 3.05) is 25.6 Å². The molecule has 8 rings (SSSR count). The Morgan fingerprint density at radius 1 is 0.657 bits per heavy atom. The maximum Gasteiger partial charge on any atom is 0.261 e. The Bertz CT molecular complexity index is 2700. The topological polar surface area (TPSA) is 211 Å². The predicted molar refractivity (Wildman–Crippen MR) is 268 cm³/mol. The number of thiophene rings is 2. The van der Waals surface area contributed by atoms with Gasteiger partial charge in [-0.1, -0.05) is 37.4 Å². The highest BCUT2D eigenvalue weighted by atomic mass is 32.1. The van der Waals surface area contributed by atoms with Crippen LogP contribution in [0.4, 0.5) is 11.9 Å². The molecule has 0 atom stereocenters. The van der Waals surface area contributed by atoms with Crippen LogP contribution < -0.4 is 27.4 Å². The molecule has 14 nitrogen and oxygen atoms in total. The molecule has 6 aromatic rings. The van der Waals surface area contributed by atoms with Crippen LogP contribution in [0.25, 0.3) is 22.5 Å². The molecular weight excluding hydrogens is 881 g/mol. The number of rotatable bonds is 14. The molecular formula is C51H58N10O4S2. The molecule has 0 aliphatic heterocycles. The van der Waals surface area contributed by atoms with Gasteiger partial charge >= 0.3 is 0 Å². The van der Waals surface area contributed by atoms with Gasteiger partial charge in [-0.05, 0) is 147 Å². The number of anilines is 2. The lowest BCUT2D eigenvalue weighted by atomic mass is 9.99. The molecule has 348 valence electrons. The van der Waals surface area contributed by atoms with E-state index in [-0.39, 0.29) is 35.4 Å². The Morgan fingerprint density at radius 3 is 1.55 bits per heavy atom. The molecule has 0 fully saturated rings. The zero-order chi connectivity index (χ0) is 47.9. The summed E-state index contributed by atoms with van der Waals surface area (Å²) in [5, 5.41) is 9.34. The Balaban J connectivity index is 0.000000202. The van der Waals surface area contributed by atoms with E-state index < -0.39 is 0 Å². The van der Waals surface area contributed by atoms with Crippen molar-refractivity contribution < 1.29 is 19.2 Å². The molecule has 2 aliphatic carbocycles. The van der Waals surface area contributed by atoms with Crippen molar-refractivity contribution in [3.05, 3.63) is 151 Å². The van der Waals surface area contributed by atoms with Gasteiger partial charge in [0.1, 0.15) is 0 Å². The molecule has 7 N–H and O–H groups in total. The maximum atomic E-state index is 12.8. The van der Waals surface area contributed by atoms with Gasteiger partial charge in [0.05, 0.1) is 21.1 Å². The van der Waals surface area contributed by atoms with Crippen LogP contribution in [0.3, 0.4) is 0 Å². The number of amides is 3. The van der Waals surface area contributed by atoms with Gasteiger partial charge in [0, 0.05) is 66.5 Å². The van der Waals surface area contributed by atoms with Crippen LogP contribution >= 0.6 is 22.7 Å². The molecule has 0 spiro atoms. The molecule has 4 heterocycles. The van der Waals surface area contributed by atoms with E-state index in [2.05, 4.69) is 61.2 Å². The fraction of sp³-hybridized carbons (Fsp3) is 0.294. The van der Waals surface area contributed by atoms with E-state index in [4.69, 9.17) is 11.5 Å². The number of allylic oxidation sites excluding steroid dienone is 1. The lowest BCUT2D eigenvalue weighted by Gasteiger charge is -2.19. The molecule has 0 unspecified atom stereocenters. The summed E-state index contributed by atoms with van der Waals surface area (Å²) < 4.78 is 0. The predicted octanol–water partition coefficient (Wildman–Crippen LogP) is 7.82. The van der Waals surface area contributed by atoms with Crippen LogP contribution in [0, 0.1) is 0 Å². The summed E-state index contributed by atoms with van der Waals surface area (Å²) in [6, 6.07) is 19.7. The molecule has 0 radical (unpaired) electrons. The minimum Gasteiger partial charge on any atom is -0.368 e. The first-order valence-corrected chi connectivity index (χ1v) is 23.8. The third-order valence-corrected chi connectivity index (χ3v) is 13.8. The first-order chi connectivity index (χ1) is 32.3. The zero-order valence-electron chi connectivity index (χ0n) is 38.3. The molecule has 3 amide bonds. The Kier molecular flexibility index (Phi) is 17.8. The summed E-state index contributed by atoms with van der Waals surface area (Å²) in [6.45, 7) is 10.2. The molecule has 0 saturated heterocycles. The van der Waals surface area contributed by atoms with Gasteiger partial charge < -0.3 is 32.3 Å². The summed E-state index contributed by atoms with van der Waals surface area (Å²) in [4.78, 5) is 69.7. The van der Waals surface area contributed by atoms with E-state index in [0.29, 0.717) is 31.9 Å². The summed E-state index contributed by atoms with van der Waals surface area (Å²) in [5.74, 6) is 0.238. The summed E-state index contributed by atoms with van der Waals surface area (Å²) in [6.07, 6.45) is 15.0. The van der Waals surface area contributed by atoms with Crippen molar-refractivity contribution in [1.29, 1.82) is 0 Å². The van der Waals surface area contributed by atoms with Crippen LogP contribution in [0.1, 0.15) is 95.1 Å². The SMILES string of the molecule is C=CC(=O)N(C)Cc1cc(-c2ccnc(N)n2)ccc1CNC(=O)c1cc2c(s1)CCCC2.C=CC(C)=O.CNCc1cc(-c2ccnc(N)n2)ccc1CNC(=O)c1cc2c(s1)CCCC2. The summed E-state index contributed by atoms with van der Waals surface area (Å²) in [7, 11) is 3.63. The minimum atomic E-state index is -0.175. The normalized spacial score (nSPS) is 12.4. The van der Waals surface area contributed by atoms with Crippen molar-refractivity contribution >= 4 is 58.1 Å². The second-order valence-corrected chi connectivity index (χ2v) is 18.5. The van der Waals surface area contributed by atoms with Gasteiger partial charge in [-0.25, -0.2) is 19.9 Å². The van der Waals surface area contributed by atoms with Crippen LogP contribution in [-0.2, 0) is 61.5 Å². The minimum absolute atomic E-state index is 0.00691. The number of carbonyl (C=O) groups is 4. The number of benzene rings is 2. The van der Waals surface area contributed by atoms with E-state index >= 15 is 0 Å². The monoisotopic (exact) mass is 938 g/mol. The van der Waals surface area contributed by atoms with Crippen molar-refractivity contribution in [1.82, 2.24) is 40.8 Å². The third-order valence-electron chi connectivity index (χ3n) is 11.3. The number of ketones is 1. The van der Waals surface area contributed by atoms with Gasteiger partial charge in [0.15, 0.2) is 5.78 Å². The number of nitrogen functional groups attached to an aromatic ring is 2. The average Bonchev–Trinajstić information content (AvgIpc) is 3.99. The van der Waals surface area contributed by atoms with Gasteiger partial charge in [0.2, 0.25) is 17.8 Å². The van der Waals surface area contributed by atoms with Crippen LogP contribution in [0.2, 0.25) is 0 Å². The number of carbonyl (C=O) groups excluding carboxylic acids is 4. The van der Waals surface area contributed by atoms with Gasteiger partial charge in [0.25, 0.3) is 11.8 Å². The molecule has 4 aromatic heterocycles. The zero-order valence-corrected chi connectivity index (χ0v) is 40.0. The Morgan fingerprint density at radius 2 is 1.12 bits per heavy atom. The Labute approximate surface area is 400 Å². The van der Waals surface area contributed by atoms with Gasteiger partial charge in [-0.3, -0.25) is 19.2 Å². The summed E-state index contributed by atoms with van der Waals surface area (Å²) >= 11 is 3.24. The van der Waals surface area contributed by atoms with Gasteiger partial charge in [-0.15, -0.1) is 22.7 Å². The number of nitrogens with one attached hydrogen (secondary N) is 3. The number of aryl methyl sites for hydroxylation is 4. The number of likely N-dealkylation sites (N-methyl/N-ethyl adjacent to an activating group) is 1. The number of nitrogens with zero attached hydrogens (tertiary/aromatic N) is 5. The van der Waals surface area contributed by atoms with Crippen molar-refractivity contribution in [2.45, 2.75) is 84.5 Å². The van der Waals surface area contributed by atoms with Crippen LogP contribution in [-0.4, -0.2) is 62.4 Å². The smallest absolute Gasteiger partial charge is 0.261 e. The number of fused-ring (bicyclic) bond motifs is 2. The lowest BCUT2D eigenvalue weighted by molar-refractivity contribution is -0.125. The third kappa shape index (κ3) is 13.8. The number of aromatic nitrogens is 4. The van der Waals surface area contributed by atoms with E-state index in [0.717, 1.165) is 74.5 Å². The fourth-order valence-corrected chi connectivity index (χ4v) is 10.0. The molecule has 0 bridgehead atoms. The quantitative estimate of drug-likeness (QED) is 0.0665. The van der Waals surface area contributed by atoms with Gasteiger partial charge in [-0.2, -0.15) is 0 Å². The molecule has 0 saturated carbocycles. The molecule has 2 aliphatic rings. The van der Waals surface area contributed by atoms with Crippen LogP contribution in [0.5, 0.6) is 0 Å². The van der Waals surface area contributed by atoms with Crippen molar-refractivity contribution in [3.63, 3.8) is 0 Å². The molecule has 16 heteroatoms. The van der Waals surface area contributed by atoms with Crippen molar-refractivity contribution in [3.8, 4) is 22.5 Å². The lowest BCUT2D eigenvalue weighted by Crippen LogP contribution is -2.26. The first-order valence-electron chi connectivity index (χ1n) is 22.2. The second kappa shape index (κ2) is 24.1.